The fourth-order valence-electron chi connectivity index (χ4n) is 5.39. The summed E-state index contributed by atoms with van der Waals surface area (Å²) in [4.78, 5) is 14.8. The van der Waals surface area contributed by atoms with E-state index >= 15 is 0 Å². The monoisotopic (exact) mass is 463 g/mol. The van der Waals surface area contributed by atoms with E-state index in [0.29, 0.717) is 30.4 Å². The Morgan fingerprint density at radius 3 is 2.58 bits per heavy atom. The van der Waals surface area contributed by atoms with Gasteiger partial charge in [0, 0.05) is 29.6 Å². The van der Waals surface area contributed by atoms with Crippen molar-refractivity contribution in [2.75, 3.05) is 33.1 Å². The Labute approximate surface area is 191 Å². The van der Waals surface area contributed by atoms with Gasteiger partial charge < -0.3 is 25.0 Å². The van der Waals surface area contributed by atoms with Crippen molar-refractivity contribution in [1.82, 2.24) is 10.2 Å². The summed E-state index contributed by atoms with van der Waals surface area (Å²) in [5.41, 5.74) is 0.564. The summed E-state index contributed by atoms with van der Waals surface area (Å²) in [6.45, 7) is 0.922. The van der Waals surface area contributed by atoms with E-state index in [-0.39, 0.29) is 17.5 Å². The molecule has 2 amide bonds. The molecule has 0 spiro atoms. The van der Waals surface area contributed by atoms with Gasteiger partial charge in [-0.05, 0) is 57.0 Å². The van der Waals surface area contributed by atoms with Crippen molar-refractivity contribution in [2.45, 2.75) is 43.2 Å². The number of hydrogen-bond donors (Lipinski definition) is 2. The van der Waals surface area contributed by atoms with Crippen LogP contribution in [0.4, 0.5) is 23.7 Å². The molecular weight excluding hydrogens is 435 g/mol. The third kappa shape index (κ3) is 4.34. The van der Waals surface area contributed by atoms with Crippen LogP contribution in [0.5, 0.6) is 11.5 Å². The number of anilines is 1. The van der Waals surface area contributed by atoms with Crippen molar-refractivity contribution in [3.63, 3.8) is 0 Å². The predicted molar refractivity (Wildman–Crippen MR) is 118 cm³/mol. The second-order valence-electron chi connectivity index (χ2n) is 8.79. The van der Waals surface area contributed by atoms with Crippen molar-refractivity contribution in [1.29, 1.82) is 0 Å². The van der Waals surface area contributed by atoms with E-state index in [1.807, 2.05) is 12.1 Å². The van der Waals surface area contributed by atoms with Crippen LogP contribution in [0, 0.1) is 17.5 Å². The molecule has 2 N–H and O–H groups in total. The first-order valence-corrected chi connectivity index (χ1v) is 10.9. The fourth-order valence-corrected chi connectivity index (χ4v) is 5.39. The van der Waals surface area contributed by atoms with Crippen molar-refractivity contribution in [3.05, 3.63) is 53.3 Å². The molecule has 9 heteroatoms. The molecule has 2 aliphatic rings. The predicted octanol–water partition coefficient (Wildman–Crippen LogP) is 4.44. The van der Waals surface area contributed by atoms with Crippen LogP contribution in [0.15, 0.2) is 30.3 Å². The first-order valence-electron chi connectivity index (χ1n) is 10.9. The van der Waals surface area contributed by atoms with E-state index in [2.05, 4.69) is 28.6 Å². The first kappa shape index (κ1) is 23.2. The number of likely N-dealkylation sites (N-methyl/N-ethyl adjacent to an activating group) is 1. The third-order valence-corrected chi connectivity index (χ3v) is 7.06. The number of fused-ring (bicyclic) bond motifs is 1. The number of ether oxygens (including phenoxy) is 2. The number of urea groups is 1. The molecule has 1 heterocycles. The van der Waals surface area contributed by atoms with Crippen LogP contribution in [-0.4, -0.2) is 50.8 Å². The van der Waals surface area contributed by atoms with Gasteiger partial charge in [-0.1, -0.05) is 6.07 Å². The second kappa shape index (κ2) is 9.13. The molecular formula is C24H28F3N3O3. The summed E-state index contributed by atoms with van der Waals surface area (Å²) in [7, 11) is 5.29. The van der Waals surface area contributed by atoms with Crippen LogP contribution in [0.1, 0.15) is 31.2 Å². The van der Waals surface area contributed by atoms with Crippen molar-refractivity contribution < 1.29 is 27.4 Å². The van der Waals surface area contributed by atoms with Crippen molar-refractivity contribution in [3.8, 4) is 11.5 Å². The summed E-state index contributed by atoms with van der Waals surface area (Å²) >= 11 is 0. The van der Waals surface area contributed by atoms with Gasteiger partial charge in [0.2, 0.25) is 0 Å². The molecule has 0 aromatic heterocycles. The highest BCUT2D eigenvalue weighted by Crippen LogP contribution is 2.49. The maximum absolute atomic E-state index is 13.9. The van der Waals surface area contributed by atoms with Gasteiger partial charge in [-0.3, -0.25) is 0 Å². The molecule has 178 valence electrons. The number of carbonyl (C=O) groups is 1. The number of carbonyl (C=O) groups excluding carboxylic acids is 1. The molecule has 1 aliphatic carbocycles. The van der Waals surface area contributed by atoms with E-state index in [9.17, 15) is 18.0 Å². The molecule has 1 saturated heterocycles. The van der Waals surface area contributed by atoms with Gasteiger partial charge in [0.25, 0.3) is 0 Å². The molecule has 3 atom stereocenters. The van der Waals surface area contributed by atoms with Crippen LogP contribution < -0.4 is 20.1 Å². The van der Waals surface area contributed by atoms with Gasteiger partial charge in [-0.2, -0.15) is 0 Å². The normalized spacial score (nSPS) is 24.8. The third-order valence-electron chi connectivity index (χ3n) is 7.06. The molecule has 0 radical (unpaired) electrons. The van der Waals surface area contributed by atoms with Gasteiger partial charge in [0.15, 0.2) is 23.1 Å². The second-order valence-corrected chi connectivity index (χ2v) is 8.79. The minimum atomic E-state index is -1.35. The Bertz CT molecular complexity index is 1050. The maximum Gasteiger partial charge on any atom is 0.319 e. The molecule has 0 unspecified atom stereocenters. The summed E-state index contributed by atoms with van der Waals surface area (Å²) in [6.07, 6.45) is 3.23. The highest BCUT2D eigenvalue weighted by atomic mass is 19.2. The Kier molecular flexibility index (Phi) is 6.43. The quantitative estimate of drug-likeness (QED) is 0.644. The molecule has 0 bridgehead atoms. The summed E-state index contributed by atoms with van der Waals surface area (Å²) in [5.74, 6) is -2.25. The van der Waals surface area contributed by atoms with E-state index in [4.69, 9.17) is 9.47 Å². The number of nitrogens with zero attached hydrogens (tertiary/aromatic N) is 1. The zero-order chi connectivity index (χ0) is 23.8. The van der Waals surface area contributed by atoms with Crippen LogP contribution in [0.2, 0.25) is 0 Å². The van der Waals surface area contributed by atoms with E-state index in [1.54, 1.807) is 14.2 Å². The highest BCUT2D eigenvalue weighted by Gasteiger charge is 2.50. The van der Waals surface area contributed by atoms with Crippen molar-refractivity contribution >= 4 is 11.7 Å². The molecule has 2 aromatic rings. The molecule has 33 heavy (non-hydrogen) atoms. The molecule has 6 nitrogen and oxygen atoms in total. The lowest BCUT2D eigenvalue weighted by Crippen LogP contribution is -2.52. The van der Waals surface area contributed by atoms with Crippen LogP contribution in [0.3, 0.4) is 0 Å². The largest absolute Gasteiger partial charge is 0.493 e. The number of halogens is 3. The van der Waals surface area contributed by atoms with Crippen LogP contribution >= 0.6 is 0 Å². The van der Waals surface area contributed by atoms with Gasteiger partial charge in [-0.15, -0.1) is 0 Å². The number of nitrogens with one attached hydrogen (secondary N) is 2. The topological polar surface area (TPSA) is 62.8 Å². The van der Waals surface area contributed by atoms with Crippen LogP contribution in [-0.2, 0) is 5.41 Å². The zero-order valence-electron chi connectivity index (χ0n) is 18.9. The highest BCUT2D eigenvalue weighted by molar-refractivity contribution is 5.89. The zero-order valence-corrected chi connectivity index (χ0v) is 18.9. The number of methoxy groups -OCH3 is 2. The van der Waals surface area contributed by atoms with Crippen LogP contribution in [0.25, 0.3) is 0 Å². The van der Waals surface area contributed by atoms with E-state index in [1.165, 1.54) is 5.56 Å². The molecule has 1 aliphatic heterocycles. The standard InChI is InChI=1S/C24H28F3N3O3/c1-30-9-8-24(14-4-5-19(32-2)20(10-14)33-3)7-6-16(13-21(24)30)28-23(31)29-18-12-15(25)11-17(26)22(18)27/h4-5,10-12,16,21H,6-9,13H2,1-3H3,(H2,28,29,31)/t16-,21+,24+/m1/s1. The molecule has 2 fully saturated rings. The SMILES string of the molecule is COc1ccc([C@@]23CC[C@@H](NC(=O)Nc4cc(F)cc(F)c4F)C[C@@H]2N(C)CC3)cc1OC. The Balaban J connectivity index is 1.49. The lowest BCUT2D eigenvalue weighted by molar-refractivity contribution is 0.156. The lowest BCUT2D eigenvalue weighted by atomic mass is 9.65. The number of likely N-dealkylation sites (tertiary alicyclic amines) is 1. The van der Waals surface area contributed by atoms with Gasteiger partial charge in [0.05, 0.1) is 19.9 Å². The summed E-state index contributed by atoms with van der Waals surface area (Å²) in [6, 6.07) is 6.55. The van der Waals surface area contributed by atoms with Crippen molar-refractivity contribution in [2.24, 2.45) is 0 Å². The smallest absolute Gasteiger partial charge is 0.319 e. The lowest BCUT2D eigenvalue weighted by Gasteiger charge is -2.45. The molecule has 2 aromatic carbocycles. The Morgan fingerprint density at radius 2 is 1.85 bits per heavy atom. The average Bonchev–Trinajstić information content (AvgIpc) is 3.13. The first-order chi connectivity index (χ1) is 15.8. The maximum atomic E-state index is 13.9. The summed E-state index contributed by atoms with van der Waals surface area (Å²) < 4.78 is 51.6. The average molecular weight is 464 g/mol. The Hall–Kier alpha value is -2.94. The van der Waals surface area contributed by atoms with E-state index in [0.717, 1.165) is 25.5 Å². The Morgan fingerprint density at radius 1 is 1.09 bits per heavy atom. The van der Waals surface area contributed by atoms with Gasteiger partial charge >= 0.3 is 6.03 Å². The minimum Gasteiger partial charge on any atom is -0.493 e. The molecule has 4 rings (SSSR count). The number of benzene rings is 2. The number of hydrogen-bond acceptors (Lipinski definition) is 4. The summed E-state index contributed by atoms with van der Waals surface area (Å²) in [5, 5.41) is 5.07. The minimum absolute atomic E-state index is 0.0826. The fraction of sp³-hybridized carbons (Fsp3) is 0.458. The molecule has 1 saturated carbocycles. The number of rotatable bonds is 5. The number of amides is 2. The van der Waals surface area contributed by atoms with E-state index < -0.39 is 29.2 Å². The van der Waals surface area contributed by atoms with Gasteiger partial charge in [0.1, 0.15) is 5.82 Å². The van der Waals surface area contributed by atoms with Gasteiger partial charge in [-0.25, -0.2) is 18.0 Å².